The molecule has 4 aromatic rings. The third kappa shape index (κ3) is 2.95. The highest BCUT2D eigenvalue weighted by molar-refractivity contribution is 6.01. The molecule has 1 fully saturated rings. The van der Waals surface area contributed by atoms with Crippen molar-refractivity contribution in [1.82, 2.24) is 24.9 Å². The highest BCUT2D eigenvalue weighted by Gasteiger charge is 2.30. The number of likely N-dealkylation sites (tertiary alicyclic amines) is 1. The molecule has 32 heavy (non-hydrogen) atoms. The van der Waals surface area contributed by atoms with Crippen LogP contribution in [0.2, 0.25) is 0 Å². The minimum atomic E-state index is -0.418. The van der Waals surface area contributed by atoms with Crippen LogP contribution in [0.1, 0.15) is 30.0 Å². The number of terminal acetylenes is 1. The van der Waals surface area contributed by atoms with Gasteiger partial charge in [0.2, 0.25) is 0 Å². The van der Waals surface area contributed by atoms with Crippen LogP contribution in [0.3, 0.4) is 0 Å². The van der Waals surface area contributed by atoms with Gasteiger partial charge in [0.1, 0.15) is 11.3 Å². The van der Waals surface area contributed by atoms with Gasteiger partial charge in [0.05, 0.1) is 11.4 Å². The number of H-pyrrole nitrogens is 1. The Bertz CT molecular complexity index is 1480. The van der Waals surface area contributed by atoms with Crippen molar-refractivity contribution >= 4 is 33.6 Å². The molecule has 1 amide bonds. The normalized spacial score (nSPS) is 14.8. The van der Waals surface area contributed by atoms with Gasteiger partial charge in [-0.3, -0.25) is 14.3 Å². The molecular formula is C23H22N6O3. The third-order valence-corrected chi connectivity index (χ3v) is 6.19. The number of carbonyl (C=O) groups excluding carboxylic acids is 1. The number of anilines is 1. The van der Waals surface area contributed by atoms with Crippen LogP contribution in [0.25, 0.3) is 33.3 Å². The topological polar surface area (TPSA) is 123 Å². The predicted molar refractivity (Wildman–Crippen MR) is 121 cm³/mol. The van der Waals surface area contributed by atoms with Crippen LogP contribution >= 0.6 is 0 Å². The molecule has 162 valence electrons. The molecule has 1 aliphatic heterocycles. The summed E-state index contributed by atoms with van der Waals surface area (Å²) in [5.41, 5.74) is 9.43. The van der Waals surface area contributed by atoms with Crippen molar-refractivity contribution < 1.29 is 9.21 Å². The first kappa shape index (κ1) is 19.9. The quantitative estimate of drug-likeness (QED) is 0.471. The van der Waals surface area contributed by atoms with Crippen molar-refractivity contribution in [2.45, 2.75) is 32.7 Å². The monoisotopic (exact) mass is 430 g/mol. The molecule has 0 bridgehead atoms. The fraction of sp³-hybridized carbons (Fsp3) is 0.304. The number of benzene rings is 1. The molecule has 3 N–H and O–H groups in total. The molecular weight excluding hydrogens is 408 g/mol. The van der Waals surface area contributed by atoms with Gasteiger partial charge in [0.25, 0.3) is 11.5 Å². The third-order valence-electron chi connectivity index (χ3n) is 6.19. The summed E-state index contributed by atoms with van der Waals surface area (Å²) in [6.07, 6.45) is 6.54. The van der Waals surface area contributed by atoms with E-state index in [1.54, 1.807) is 4.90 Å². The second kappa shape index (κ2) is 7.27. The highest BCUT2D eigenvalue weighted by atomic mass is 16.3. The summed E-state index contributed by atoms with van der Waals surface area (Å²) in [4.78, 5) is 26.1. The van der Waals surface area contributed by atoms with Crippen molar-refractivity contribution in [3.8, 4) is 23.8 Å². The van der Waals surface area contributed by atoms with Crippen molar-refractivity contribution in [3.05, 3.63) is 39.7 Å². The molecule has 1 aromatic carbocycles. The number of carbonyl (C=O) groups is 1. The van der Waals surface area contributed by atoms with E-state index in [1.807, 2.05) is 30.7 Å². The second-order valence-corrected chi connectivity index (χ2v) is 8.18. The summed E-state index contributed by atoms with van der Waals surface area (Å²) in [6, 6.07) is 5.93. The van der Waals surface area contributed by atoms with E-state index < -0.39 is 5.56 Å². The zero-order chi connectivity index (χ0) is 22.6. The zero-order valence-electron chi connectivity index (χ0n) is 17.8. The van der Waals surface area contributed by atoms with Crippen LogP contribution in [0.5, 0.6) is 0 Å². The summed E-state index contributed by atoms with van der Waals surface area (Å²) >= 11 is 0. The molecule has 0 atom stereocenters. The standard InChI is InChI=1S/C23H22N6O3/c1-4-17(30)28-9-7-14(8-10-28)29-20(18-19(27-29)23(31)26-25-22(18)24)21-13(3)15-11-12(2)5-6-16(15)32-21/h1,5-6,11,14H,7-10H2,2-3H3,(H2,24,25)(H,26,31). The molecule has 5 rings (SSSR count). The van der Waals surface area contributed by atoms with E-state index in [4.69, 9.17) is 16.6 Å². The number of aromatic amines is 1. The van der Waals surface area contributed by atoms with Gasteiger partial charge in [-0.25, -0.2) is 5.10 Å². The van der Waals surface area contributed by atoms with E-state index in [1.165, 1.54) is 0 Å². The SMILES string of the molecule is C#CC(=O)N1CCC(n2nc3c(=O)[nH]nc(N)c3c2-c2oc3ccc(C)cc3c2C)CC1. The Morgan fingerprint density at radius 1 is 1.31 bits per heavy atom. The molecule has 0 unspecified atom stereocenters. The van der Waals surface area contributed by atoms with Gasteiger partial charge in [-0.15, -0.1) is 6.42 Å². The lowest BCUT2D eigenvalue weighted by atomic mass is 10.0. The lowest BCUT2D eigenvalue weighted by molar-refractivity contribution is -0.126. The van der Waals surface area contributed by atoms with Crippen molar-refractivity contribution in [2.75, 3.05) is 18.8 Å². The van der Waals surface area contributed by atoms with E-state index >= 15 is 0 Å². The molecule has 4 heterocycles. The van der Waals surface area contributed by atoms with E-state index in [-0.39, 0.29) is 23.3 Å². The number of piperidine rings is 1. The van der Waals surface area contributed by atoms with Crippen molar-refractivity contribution in [2.24, 2.45) is 0 Å². The van der Waals surface area contributed by atoms with Crippen LogP contribution in [0.15, 0.2) is 27.4 Å². The number of nitrogens with two attached hydrogens (primary N) is 1. The Morgan fingerprint density at radius 2 is 2.06 bits per heavy atom. The Morgan fingerprint density at radius 3 is 2.78 bits per heavy atom. The maximum Gasteiger partial charge on any atom is 0.298 e. The van der Waals surface area contributed by atoms with Gasteiger partial charge in [0.15, 0.2) is 17.1 Å². The molecule has 0 aliphatic carbocycles. The number of nitrogens with one attached hydrogen (secondary N) is 1. The largest absolute Gasteiger partial charge is 0.454 e. The summed E-state index contributed by atoms with van der Waals surface area (Å²) in [5.74, 6) is 2.64. The molecule has 0 radical (unpaired) electrons. The molecule has 3 aromatic heterocycles. The first-order chi connectivity index (χ1) is 15.4. The first-order valence-corrected chi connectivity index (χ1v) is 10.4. The van der Waals surface area contributed by atoms with Gasteiger partial charge in [0, 0.05) is 24.0 Å². The summed E-state index contributed by atoms with van der Waals surface area (Å²) in [5, 5.41) is 12.5. The first-order valence-electron chi connectivity index (χ1n) is 10.4. The average molecular weight is 430 g/mol. The minimum absolute atomic E-state index is 0.0626. The fourth-order valence-electron chi connectivity index (χ4n) is 4.50. The van der Waals surface area contributed by atoms with Crippen molar-refractivity contribution in [1.29, 1.82) is 0 Å². The maximum atomic E-state index is 12.5. The summed E-state index contributed by atoms with van der Waals surface area (Å²) in [6.45, 7) is 5.02. The van der Waals surface area contributed by atoms with Crippen LogP contribution < -0.4 is 11.3 Å². The Kier molecular flexibility index (Phi) is 4.51. The lowest BCUT2D eigenvalue weighted by Crippen LogP contribution is -2.38. The summed E-state index contributed by atoms with van der Waals surface area (Å²) < 4.78 is 8.07. The van der Waals surface area contributed by atoms with Crippen LogP contribution in [-0.4, -0.2) is 43.9 Å². The van der Waals surface area contributed by atoms with Gasteiger partial charge in [-0.2, -0.15) is 10.2 Å². The number of amides is 1. The molecule has 0 saturated carbocycles. The highest BCUT2D eigenvalue weighted by Crippen LogP contribution is 2.40. The van der Waals surface area contributed by atoms with E-state index in [0.717, 1.165) is 22.1 Å². The molecule has 1 aliphatic rings. The maximum absolute atomic E-state index is 12.5. The number of hydrogen-bond acceptors (Lipinski definition) is 6. The number of hydrogen-bond donors (Lipinski definition) is 2. The van der Waals surface area contributed by atoms with E-state index in [9.17, 15) is 9.59 Å². The Labute approximate surface area is 183 Å². The average Bonchev–Trinajstić information content (AvgIpc) is 3.35. The van der Waals surface area contributed by atoms with Crippen LogP contribution in [-0.2, 0) is 4.79 Å². The van der Waals surface area contributed by atoms with Crippen LogP contribution in [0, 0.1) is 26.2 Å². The number of aromatic nitrogens is 4. The van der Waals surface area contributed by atoms with E-state index in [0.29, 0.717) is 42.8 Å². The van der Waals surface area contributed by atoms with Gasteiger partial charge in [-0.05, 0) is 44.7 Å². The van der Waals surface area contributed by atoms with E-state index in [2.05, 4.69) is 27.3 Å². The Balaban J connectivity index is 1.71. The minimum Gasteiger partial charge on any atom is -0.454 e. The molecule has 1 saturated heterocycles. The number of furan rings is 1. The number of aryl methyl sites for hydroxylation is 2. The van der Waals surface area contributed by atoms with Crippen LogP contribution in [0.4, 0.5) is 5.82 Å². The van der Waals surface area contributed by atoms with Gasteiger partial charge < -0.3 is 15.1 Å². The number of fused-ring (bicyclic) bond motifs is 2. The predicted octanol–water partition coefficient (Wildman–Crippen LogP) is 2.53. The number of nitrogen functional groups attached to an aromatic ring is 1. The van der Waals surface area contributed by atoms with Gasteiger partial charge in [-0.1, -0.05) is 11.6 Å². The molecule has 9 nitrogen and oxygen atoms in total. The molecule has 0 spiro atoms. The molecule has 9 heteroatoms. The number of nitrogens with zero attached hydrogens (tertiary/aromatic N) is 4. The number of rotatable bonds is 2. The summed E-state index contributed by atoms with van der Waals surface area (Å²) in [7, 11) is 0. The van der Waals surface area contributed by atoms with Crippen molar-refractivity contribution in [3.63, 3.8) is 0 Å². The fourth-order valence-corrected chi connectivity index (χ4v) is 4.50. The zero-order valence-corrected chi connectivity index (χ0v) is 17.8. The second-order valence-electron chi connectivity index (χ2n) is 8.18. The Hall–Kier alpha value is -4.06. The lowest BCUT2D eigenvalue weighted by Gasteiger charge is -2.31. The van der Waals surface area contributed by atoms with Gasteiger partial charge >= 0.3 is 0 Å². The smallest absolute Gasteiger partial charge is 0.298 e.